The third kappa shape index (κ3) is 4.93. The van der Waals surface area contributed by atoms with Crippen molar-refractivity contribution >= 4 is 11.4 Å². The molecule has 1 fully saturated rings. The fourth-order valence-corrected chi connectivity index (χ4v) is 4.97. The molecule has 3 unspecified atom stereocenters. The summed E-state index contributed by atoms with van der Waals surface area (Å²) in [5.74, 6) is -1.25. The largest absolute Gasteiger partial charge is 0.598 e. The molecule has 1 aliphatic carbocycles. The van der Waals surface area contributed by atoms with Gasteiger partial charge in [-0.05, 0) is 51.5 Å². The van der Waals surface area contributed by atoms with Gasteiger partial charge in [-0.1, -0.05) is 6.07 Å². The second-order valence-corrected chi connectivity index (χ2v) is 8.96. The number of aryl methyl sites for hydroxylation is 2. The van der Waals surface area contributed by atoms with Gasteiger partial charge >= 0.3 is 6.18 Å². The highest BCUT2D eigenvalue weighted by molar-refractivity contribution is 7.88. The van der Waals surface area contributed by atoms with Crippen LogP contribution in [0.15, 0.2) is 16.9 Å². The zero-order valence-corrected chi connectivity index (χ0v) is 16.9. The van der Waals surface area contributed by atoms with Crippen LogP contribution < -0.4 is 10.3 Å². The fourth-order valence-electron chi connectivity index (χ4n) is 4.27. The monoisotopic (exact) mass is 420 g/mol. The van der Waals surface area contributed by atoms with Crippen molar-refractivity contribution in [1.82, 2.24) is 9.29 Å². The van der Waals surface area contributed by atoms with Gasteiger partial charge in [-0.2, -0.15) is 13.2 Å². The summed E-state index contributed by atoms with van der Waals surface area (Å²) in [6.07, 6.45) is -0.534. The molecule has 158 valence electrons. The molecule has 2 heterocycles. The lowest BCUT2D eigenvalue weighted by Crippen LogP contribution is -2.49. The number of alkyl halides is 3. The molecule has 0 spiro atoms. The van der Waals surface area contributed by atoms with E-state index in [9.17, 15) is 22.5 Å². The van der Waals surface area contributed by atoms with Crippen molar-refractivity contribution in [2.24, 2.45) is 5.92 Å². The normalized spacial score (nSPS) is 29.4. The highest BCUT2D eigenvalue weighted by Crippen LogP contribution is 2.38. The van der Waals surface area contributed by atoms with Gasteiger partial charge in [0.15, 0.2) is 0 Å². The van der Waals surface area contributed by atoms with Gasteiger partial charge in [-0.25, -0.2) is 0 Å². The first-order valence-corrected chi connectivity index (χ1v) is 11.2. The summed E-state index contributed by atoms with van der Waals surface area (Å²) in [7, 11) is 0. The van der Waals surface area contributed by atoms with Gasteiger partial charge in [0.2, 0.25) is 0 Å². The first kappa shape index (κ1) is 21.7. The lowest BCUT2D eigenvalue weighted by Gasteiger charge is -2.37. The molecule has 0 bridgehead atoms. The first-order valence-electron chi connectivity index (χ1n) is 9.65. The van der Waals surface area contributed by atoms with E-state index in [4.69, 9.17) is 4.74 Å². The molecule has 9 heteroatoms. The van der Waals surface area contributed by atoms with Gasteiger partial charge < -0.3 is 13.9 Å². The van der Waals surface area contributed by atoms with Gasteiger partial charge in [0.05, 0.1) is 30.7 Å². The average Bonchev–Trinajstić information content (AvgIpc) is 2.63. The van der Waals surface area contributed by atoms with E-state index in [0.717, 1.165) is 12.1 Å². The van der Waals surface area contributed by atoms with Crippen molar-refractivity contribution in [3.8, 4) is 0 Å². The van der Waals surface area contributed by atoms with E-state index in [2.05, 4.69) is 4.72 Å². The Labute approximate surface area is 166 Å². The van der Waals surface area contributed by atoms with E-state index in [1.807, 2.05) is 6.07 Å². The number of ether oxygens (including phenoxy) is 1. The lowest BCUT2D eigenvalue weighted by atomic mass is 9.87. The minimum absolute atomic E-state index is 0.0785. The van der Waals surface area contributed by atoms with Gasteiger partial charge in [0, 0.05) is 22.6 Å². The number of hydrogen-bond acceptors (Lipinski definition) is 4. The van der Waals surface area contributed by atoms with Crippen molar-refractivity contribution in [3.63, 3.8) is 0 Å². The highest BCUT2D eigenvalue weighted by atomic mass is 32.2. The number of rotatable bonds is 5. The summed E-state index contributed by atoms with van der Waals surface area (Å²) in [5, 5.41) is 0. The van der Waals surface area contributed by atoms with E-state index in [0.29, 0.717) is 24.8 Å². The average molecular weight is 420 g/mol. The number of halogens is 3. The Morgan fingerprint density at radius 2 is 1.93 bits per heavy atom. The molecule has 3 atom stereocenters. The van der Waals surface area contributed by atoms with E-state index >= 15 is 0 Å². The Morgan fingerprint density at radius 3 is 2.54 bits per heavy atom. The van der Waals surface area contributed by atoms with Gasteiger partial charge in [-0.15, -0.1) is 4.72 Å². The summed E-state index contributed by atoms with van der Waals surface area (Å²) in [6, 6.07) is 3.21. The molecule has 0 saturated heterocycles. The summed E-state index contributed by atoms with van der Waals surface area (Å²) in [5.41, 5.74) is 1.43. The summed E-state index contributed by atoms with van der Waals surface area (Å²) in [4.78, 5) is 12.7. The predicted molar refractivity (Wildman–Crippen MR) is 102 cm³/mol. The molecule has 0 radical (unpaired) electrons. The van der Waals surface area contributed by atoms with Crippen molar-refractivity contribution in [1.29, 1.82) is 0 Å². The van der Waals surface area contributed by atoms with Crippen LogP contribution in [0.4, 0.5) is 13.2 Å². The molecule has 0 aromatic carbocycles. The molecular formula is C19H27F3N2O3S. The summed E-state index contributed by atoms with van der Waals surface area (Å²) < 4.78 is 61.0. The first-order chi connectivity index (χ1) is 13.2. The van der Waals surface area contributed by atoms with Crippen LogP contribution in [0.5, 0.6) is 0 Å². The molecule has 0 amide bonds. The van der Waals surface area contributed by atoms with Crippen molar-refractivity contribution < 1.29 is 22.5 Å². The fraction of sp³-hybridized carbons (Fsp3) is 0.737. The Morgan fingerprint density at radius 1 is 1.25 bits per heavy atom. The minimum atomic E-state index is -4.14. The van der Waals surface area contributed by atoms with Crippen molar-refractivity contribution in [3.05, 3.63) is 33.7 Å². The zero-order chi connectivity index (χ0) is 20.5. The minimum Gasteiger partial charge on any atom is -0.598 e. The van der Waals surface area contributed by atoms with E-state index in [1.54, 1.807) is 23.8 Å². The standard InChI is InChI=1S/C19H27F3N2O3S/c1-12-3-6-14-7-10-16(23-28(2)26)17(24(14)18(12)25)11-27-15-8-4-13(5-9-15)19(20,21)22/h3,6,13,15-17,23H,4-5,7-11H2,1-2H3. The highest BCUT2D eigenvalue weighted by Gasteiger charge is 2.42. The second kappa shape index (κ2) is 8.77. The smallest absolute Gasteiger partial charge is 0.391 e. The number of fused-ring (bicyclic) bond motifs is 1. The number of aromatic nitrogens is 1. The molecule has 28 heavy (non-hydrogen) atoms. The van der Waals surface area contributed by atoms with Crippen LogP contribution in [0, 0.1) is 12.8 Å². The molecule has 5 nitrogen and oxygen atoms in total. The van der Waals surface area contributed by atoms with Crippen LogP contribution in [-0.4, -0.2) is 40.3 Å². The van der Waals surface area contributed by atoms with Gasteiger partial charge in [0.25, 0.3) is 5.56 Å². The van der Waals surface area contributed by atoms with Crippen LogP contribution in [0.2, 0.25) is 0 Å². The Kier molecular flexibility index (Phi) is 6.79. The van der Waals surface area contributed by atoms with Crippen LogP contribution in [-0.2, 0) is 22.5 Å². The maximum atomic E-state index is 12.8. The van der Waals surface area contributed by atoms with E-state index < -0.39 is 23.5 Å². The molecule has 3 rings (SSSR count). The Bertz CT molecular complexity index is 730. The number of nitrogens with one attached hydrogen (secondary N) is 1. The molecular weight excluding hydrogens is 393 g/mol. The van der Waals surface area contributed by atoms with Crippen molar-refractivity contribution in [2.75, 3.05) is 12.9 Å². The number of pyridine rings is 1. The molecule has 1 saturated carbocycles. The Hall–Kier alpha value is -1.03. The number of hydrogen-bond donors (Lipinski definition) is 1. The maximum absolute atomic E-state index is 12.8. The SMILES string of the molecule is Cc1ccc2n(c1=O)C(COC1CCC(C(F)(F)F)CC1)C(N[S+](C)[O-])CC2. The molecule has 1 aliphatic heterocycles. The van der Waals surface area contributed by atoms with E-state index in [-0.39, 0.29) is 43.2 Å². The molecule has 1 N–H and O–H groups in total. The third-order valence-electron chi connectivity index (χ3n) is 5.86. The predicted octanol–water partition coefficient (Wildman–Crippen LogP) is 3.03. The molecule has 1 aromatic heterocycles. The quantitative estimate of drug-likeness (QED) is 0.744. The second-order valence-electron chi connectivity index (χ2n) is 7.82. The summed E-state index contributed by atoms with van der Waals surface area (Å²) >= 11 is -1.24. The van der Waals surface area contributed by atoms with Crippen LogP contribution in [0.25, 0.3) is 0 Å². The topological polar surface area (TPSA) is 66.3 Å². The van der Waals surface area contributed by atoms with Crippen LogP contribution in [0.1, 0.15) is 49.4 Å². The lowest BCUT2D eigenvalue weighted by molar-refractivity contribution is -0.188. The number of nitrogens with zero attached hydrogens (tertiary/aromatic N) is 1. The van der Waals surface area contributed by atoms with Gasteiger partial charge in [0.1, 0.15) is 6.26 Å². The van der Waals surface area contributed by atoms with Crippen molar-refractivity contribution in [2.45, 2.75) is 69.8 Å². The van der Waals surface area contributed by atoms with Gasteiger partial charge in [-0.3, -0.25) is 4.79 Å². The zero-order valence-electron chi connectivity index (χ0n) is 16.1. The van der Waals surface area contributed by atoms with Crippen LogP contribution in [0.3, 0.4) is 0 Å². The Balaban J connectivity index is 1.71. The molecule has 2 aliphatic rings. The maximum Gasteiger partial charge on any atom is 0.391 e. The molecule has 1 aromatic rings. The third-order valence-corrected chi connectivity index (χ3v) is 6.49. The van der Waals surface area contributed by atoms with Crippen LogP contribution >= 0.6 is 0 Å². The van der Waals surface area contributed by atoms with E-state index in [1.165, 1.54) is 0 Å². The summed E-state index contributed by atoms with van der Waals surface area (Å²) in [6.45, 7) is 1.97.